The summed E-state index contributed by atoms with van der Waals surface area (Å²) in [4.78, 5) is 15.1. The second-order valence-electron chi connectivity index (χ2n) is 3.22. The van der Waals surface area contributed by atoms with E-state index in [4.69, 9.17) is 5.73 Å². The van der Waals surface area contributed by atoms with Gasteiger partial charge in [0.25, 0.3) is 0 Å². The van der Waals surface area contributed by atoms with E-state index in [1.807, 2.05) is 0 Å². The summed E-state index contributed by atoms with van der Waals surface area (Å²) in [6.07, 6.45) is 0.963. The first-order chi connectivity index (χ1) is 7.65. The third-order valence-corrected chi connectivity index (χ3v) is 2.28. The second kappa shape index (κ2) is 4.97. The number of aromatic nitrogens is 1. The molecular formula is C11H10ClFN2O2. The molecule has 2 aromatic rings. The molecule has 0 unspecified atom stereocenters. The van der Waals surface area contributed by atoms with Crippen molar-refractivity contribution in [2.45, 2.75) is 0 Å². The fourth-order valence-electron chi connectivity index (χ4n) is 1.55. The van der Waals surface area contributed by atoms with E-state index < -0.39 is 11.8 Å². The molecule has 1 aromatic carbocycles. The topological polar surface area (TPSA) is 65.2 Å². The van der Waals surface area contributed by atoms with Crippen molar-refractivity contribution in [2.75, 3.05) is 12.8 Å². The molecule has 0 aliphatic heterocycles. The Bertz CT molecular complexity index is 566. The van der Waals surface area contributed by atoms with Gasteiger partial charge >= 0.3 is 5.97 Å². The molecule has 0 spiro atoms. The Morgan fingerprint density at radius 2 is 2.18 bits per heavy atom. The van der Waals surface area contributed by atoms with Crippen LogP contribution in [0, 0.1) is 5.82 Å². The summed E-state index contributed by atoms with van der Waals surface area (Å²) in [6, 6.07) is 4.77. The number of carbonyl (C=O) groups is 1. The van der Waals surface area contributed by atoms with Gasteiger partial charge in [-0.15, -0.1) is 12.4 Å². The molecule has 0 aliphatic carbocycles. The van der Waals surface area contributed by atoms with Crippen molar-refractivity contribution in [2.24, 2.45) is 0 Å². The first-order valence-electron chi connectivity index (χ1n) is 4.56. The molecular weight excluding hydrogens is 247 g/mol. The number of nitrogen functional groups attached to an aromatic ring is 1. The van der Waals surface area contributed by atoms with E-state index in [1.165, 1.54) is 7.11 Å². The zero-order valence-electron chi connectivity index (χ0n) is 8.94. The van der Waals surface area contributed by atoms with Gasteiger partial charge in [0.2, 0.25) is 0 Å². The highest BCUT2D eigenvalue weighted by molar-refractivity contribution is 6.06. The lowest BCUT2D eigenvalue weighted by atomic mass is 10.1. The summed E-state index contributed by atoms with van der Waals surface area (Å²) in [6.45, 7) is 0. The molecule has 0 bridgehead atoms. The second-order valence-corrected chi connectivity index (χ2v) is 3.22. The van der Waals surface area contributed by atoms with Crippen LogP contribution < -0.4 is 5.73 Å². The molecule has 0 saturated heterocycles. The highest BCUT2D eigenvalue weighted by atomic mass is 35.5. The molecule has 0 radical (unpaired) electrons. The van der Waals surface area contributed by atoms with Crippen LogP contribution in [0.25, 0.3) is 10.8 Å². The van der Waals surface area contributed by atoms with Gasteiger partial charge in [0, 0.05) is 16.5 Å². The molecule has 0 amide bonds. The van der Waals surface area contributed by atoms with Crippen LogP contribution in [0.5, 0.6) is 0 Å². The Labute approximate surface area is 103 Å². The number of fused-ring (bicyclic) bond motifs is 1. The van der Waals surface area contributed by atoms with Crippen molar-refractivity contribution >= 4 is 34.8 Å². The minimum atomic E-state index is -0.615. The number of hydrogen-bond acceptors (Lipinski definition) is 4. The summed E-state index contributed by atoms with van der Waals surface area (Å²) in [7, 11) is 1.24. The Kier molecular flexibility index (Phi) is 3.85. The number of pyridine rings is 1. The predicted molar refractivity (Wildman–Crippen MR) is 64.7 cm³/mol. The van der Waals surface area contributed by atoms with Crippen LogP contribution in [0.3, 0.4) is 0 Å². The monoisotopic (exact) mass is 256 g/mol. The van der Waals surface area contributed by atoms with Crippen LogP contribution in [-0.2, 0) is 4.74 Å². The number of methoxy groups -OCH3 is 1. The van der Waals surface area contributed by atoms with E-state index in [1.54, 1.807) is 18.2 Å². The van der Waals surface area contributed by atoms with Gasteiger partial charge in [-0.3, -0.25) is 0 Å². The maximum absolute atomic E-state index is 13.5. The van der Waals surface area contributed by atoms with Gasteiger partial charge < -0.3 is 10.5 Å². The van der Waals surface area contributed by atoms with Crippen molar-refractivity contribution in [3.05, 3.63) is 35.9 Å². The fraction of sp³-hybridized carbons (Fsp3) is 0.0909. The van der Waals surface area contributed by atoms with E-state index in [0.717, 1.165) is 6.20 Å². The lowest BCUT2D eigenvalue weighted by molar-refractivity contribution is 0.0596. The Hall–Kier alpha value is -1.88. The minimum Gasteiger partial charge on any atom is -0.464 e. The highest BCUT2D eigenvalue weighted by Gasteiger charge is 2.15. The Balaban J connectivity index is 0.00000144. The lowest BCUT2D eigenvalue weighted by Crippen LogP contribution is -2.06. The molecule has 1 heterocycles. The smallest absolute Gasteiger partial charge is 0.357 e. The summed E-state index contributed by atoms with van der Waals surface area (Å²) in [5.41, 5.74) is 5.98. The Morgan fingerprint density at radius 3 is 2.82 bits per heavy atom. The average molecular weight is 257 g/mol. The van der Waals surface area contributed by atoms with E-state index in [0.29, 0.717) is 5.39 Å². The minimum absolute atomic E-state index is 0. The highest BCUT2D eigenvalue weighted by Crippen LogP contribution is 2.25. The van der Waals surface area contributed by atoms with Crippen molar-refractivity contribution in [1.82, 2.24) is 4.98 Å². The Morgan fingerprint density at radius 1 is 1.47 bits per heavy atom. The first kappa shape index (κ1) is 13.2. The van der Waals surface area contributed by atoms with E-state index in [2.05, 4.69) is 9.72 Å². The quantitative estimate of drug-likeness (QED) is 0.627. The molecule has 90 valence electrons. The maximum Gasteiger partial charge on any atom is 0.357 e. The van der Waals surface area contributed by atoms with Crippen molar-refractivity contribution in [3.8, 4) is 0 Å². The van der Waals surface area contributed by atoms with Gasteiger partial charge in [0.1, 0.15) is 0 Å². The van der Waals surface area contributed by atoms with E-state index >= 15 is 0 Å². The van der Waals surface area contributed by atoms with Gasteiger partial charge in [0.15, 0.2) is 11.5 Å². The number of anilines is 1. The molecule has 0 fully saturated rings. The van der Waals surface area contributed by atoms with Crippen molar-refractivity contribution in [1.29, 1.82) is 0 Å². The normalized spacial score (nSPS) is 9.76. The summed E-state index contributed by atoms with van der Waals surface area (Å²) < 4.78 is 18.1. The van der Waals surface area contributed by atoms with Crippen LogP contribution in [0.4, 0.5) is 10.1 Å². The molecule has 1 aromatic heterocycles. The van der Waals surface area contributed by atoms with Gasteiger partial charge in [0.05, 0.1) is 13.3 Å². The summed E-state index contributed by atoms with van der Waals surface area (Å²) in [5, 5.41) is 0.546. The number of nitrogens with zero attached hydrogens (tertiary/aromatic N) is 1. The number of carbonyl (C=O) groups excluding carboxylic acids is 1. The number of esters is 1. The third-order valence-electron chi connectivity index (χ3n) is 2.28. The molecule has 0 atom stereocenters. The van der Waals surface area contributed by atoms with Gasteiger partial charge in [-0.05, 0) is 6.07 Å². The fourth-order valence-corrected chi connectivity index (χ4v) is 1.55. The van der Waals surface area contributed by atoms with Gasteiger partial charge in [-0.25, -0.2) is 14.2 Å². The van der Waals surface area contributed by atoms with Crippen LogP contribution in [0.2, 0.25) is 0 Å². The summed E-state index contributed by atoms with van der Waals surface area (Å²) >= 11 is 0. The standard InChI is InChI=1S/C11H9FN2O2.ClH/c1-16-11(15)10-6-3-2-4-8(13)9(6)7(12)5-14-10;/h2-5H,13H2,1H3;1H. The van der Waals surface area contributed by atoms with Crippen LogP contribution in [0.1, 0.15) is 10.5 Å². The maximum atomic E-state index is 13.5. The van der Waals surface area contributed by atoms with Crippen LogP contribution in [-0.4, -0.2) is 18.1 Å². The van der Waals surface area contributed by atoms with Crippen molar-refractivity contribution in [3.63, 3.8) is 0 Å². The number of ether oxygens (including phenoxy) is 1. The molecule has 2 N–H and O–H groups in total. The van der Waals surface area contributed by atoms with Gasteiger partial charge in [-0.2, -0.15) is 0 Å². The van der Waals surface area contributed by atoms with Gasteiger partial charge in [-0.1, -0.05) is 12.1 Å². The molecule has 2 rings (SSSR count). The number of hydrogen-bond donors (Lipinski definition) is 1. The van der Waals surface area contributed by atoms with Crippen molar-refractivity contribution < 1.29 is 13.9 Å². The summed E-state index contributed by atoms with van der Waals surface area (Å²) in [5.74, 6) is -1.17. The molecule has 4 nitrogen and oxygen atoms in total. The third kappa shape index (κ3) is 2.14. The molecule has 0 aliphatic rings. The average Bonchev–Trinajstić information content (AvgIpc) is 2.28. The van der Waals surface area contributed by atoms with E-state index in [9.17, 15) is 9.18 Å². The predicted octanol–water partition coefficient (Wildman–Crippen LogP) is 2.16. The molecule has 17 heavy (non-hydrogen) atoms. The van der Waals surface area contributed by atoms with Crippen LogP contribution >= 0.6 is 12.4 Å². The zero-order chi connectivity index (χ0) is 11.7. The van der Waals surface area contributed by atoms with E-state index in [-0.39, 0.29) is 29.2 Å². The first-order valence-corrected chi connectivity index (χ1v) is 4.56. The molecule has 0 saturated carbocycles. The number of halogens is 2. The lowest BCUT2D eigenvalue weighted by Gasteiger charge is -2.06. The largest absolute Gasteiger partial charge is 0.464 e. The number of rotatable bonds is 1. The van der Waals surface area contributed by atoms with Crippen LogP contribution in [0.15, 0.2) is 24.4 Å². The SMILES string of the molecule is COC(=O)c1ncc(F)c2c(N)cccc12.Cl. The molecule has 6 heteroatoms. The number of benzene rings is 1. The zero-order valence-corrected chi connectivity index (χ0v) is 9.75. The number of nitrogens with two attached hydrogens (primary N) is 1.